The van der Waals surface area contributed by atoms with E-state index in [4.69, 9.17) is 10.5 Å². The molecule has 0 aromatic heterocycles. The highest BCUT2D eigenvalue weighted by atomic mass is 32.2. The van der Waals surface area contributed by atoms with Crippen molar-refractivity contribution in [1.29, 1.82) is 0 Å². The number of rotatable bonds is 12. The number of hydrogen-bond donors (Lipinski definition) is 3. The molecule has 0 spiro atoms. The molecular weight excluding hydrogens is 490 g/mol. The first-order valence-corrected chi connectivity index (χ1v) is 13.6. The fourth-order valence-corrected chi connectivity index (χ4v) is 5.49. The Morgan fingerprint density at radius 3 is 2.05 bits per heavy atom. The first-order valence-electron chi connectivity index (χ1n) is 12.2. The van der Waals surface area contributed by atoms with Gasteiger partial charge in [0.15, 0.2) is 0 Å². The molecule has 2 atom stereocenters. The van der Waals surface area contributed by atoms with Gasteiger partial charge in [0.25, 0.3) is 0 Å². The molecule has 0 heterocycles. The Morgan fingerprint density at radius 1 is 0.919 bits per heavy atom. The number of ether oxygens (including phenoxy) is 1. The summed E-state index contributed by atoms with van der Waals surface area (Å²) in [5.74, 6) is 0.00660. The zero-order chi connectivity index (χ0) is 26.8. The van der Waals surface area contributed by atoms with Crippen LogP contribution in [-0.4, -0.2) is 49.2 Å². The van der Waals surface area contributed by atoms with Crippen molar-refractivity contribution in [2.75, 3.05) is 18.8 Å². The molecule has 0 radical (unpaired) electrons. The van der Waals surface area contributed by atoms with E-state index in [0.29, 0.717) is 12.1 Å². The molecule has 198 valence electrons. The van der Waals surface area contributed by atoms with Crippen molar-refractivity contribution in [2.45, 2.75) is 43.9 Å². The van der Waals surface area contributed by atoms with Crippen molar-refractivity contribution in [3.05, 3.63) is 96.1 Å². The molecule has 0 saturated heterocycles. The SMILES string of the molecule is CC(C)CN(C[C@@H](O)[C@H](Cc1ccccc1)NC(=O)OCc1ccccc1)S(=O)(=O)c1ccc(N)cc1. The molecule has 3 aromatic rings. The highest BCUT2D eigenvalue weighted by Gasteiger charge is 2.31. The van der Waals surface area contributed by atoms with Crippen LogP contribution in [0.25, 0.3) is 0 Å². The number of alkyl carbamates (subject to hydrolysis) is 1. The third-order valence-corrected chi connectivity index (χ3v) is 7.60. The topological polar surface area (TPSA) is 122 Å². The van der Waals surface area contributed by atoms with Gasteiger partial charge in [-0.05, 0) is 47.7 Å². The van der Waals surface area contributed by atoms with E-state index in [-0.39, 0.29) is 30.5 Å². The van der Waals surface area contributed by atoms with Crippen LogP contribution in [0, 0.1) is 5.92 Å². The van der Waals surface area contributed by atoms with E-state index in [1.807, 2.05) is 74.5 Å². The summed E-state index contributed by atoms with van der Waals surface area (Å²) >= 11 is 0. The van der Waals surface area contributed by atoms with E-state index < -0.39 is 28.3 Å². The van der Waals surface area contributed by atoms with Crippen LogP contribution in [0.1, 0.15) is 25.0 Å². The van der Waals surface area contributed by atoms with Crippen LogP contribution in [0.5, 0.6) is 0 Å². The van der Waals surface area contributed by atoms with E-state index in [1.54, 1.807) is 0 Å². The van der Waals surface area contributed by atoms with Crippen molar-refractivity contribution < 1.29 is 23.1 Å². The number of aliphatic hydroxyl groups is 1. The standard InChI is InChI=1S/C28H35N3O5S/c1-21(2)18-31(37(34,35)25-15-13-24(29)14-16-25)19-27(32)26(17-22-9-5-3-6-10-22)30-28(33)36-20-23-11-7-4-8-12-23/h3-16,21,26-27,32H,17-20,29H2,1-2H3,(H,30,33)/t26-,27+/m0/s1. The second-order valence-corrected chi connectivity index (χ2v) is 11.3. The van der Waals surface area contributed by atoms with Gasteiger partial charge in [0, 0.05) is 18.8 Å². The number of hydrogen-bond acceptors (Lipinski definition) is 6. The molecule has 0 bridgehead atoms. The molecule has 37 heavy (non-hydrogen) atoms. The summed E-state index contributed by atoms with van der Waals surface area (Å²) in [5, 5.41) is 14.0. The van der Waals surface area contributed by atoms with Gasteiger partial charge < -0.3 is 20.9 Å². The Bertz CT molecular complexity index is 1220. The van der Waals surface area contributed by atoms with Crippen molar-refractivity contribution in [2.24, 2.45) is 5.92 Å². The van der Waals surface area contributed by atoms with Crippen molar-refractivity contribution in [1.82, 2.24) is 9.62 Å². The number of nitrogens with two attached hydrogens (primary N) is 1. The molecule has 0 aliphatic carbocycles. The first kappa shape index (κ1) is 28.2. The molecule has 0 fully saturated rings. The first-order chi connectivity index (χ1) is 17.6. The lowest BCUT2D eigenvalue weighted by Crippen LogP contribution is -2.51. The molecule has 0 aliphatic heterocycles. The van der Waals surface area contributed by atoms with Crippen LogP contribution in [0.15, 0.2) is 89.8 Å². The van der Waals surface area contributed by atoms with Crippen LogP contribution in [-0.2, 0) is 27.8 Å². The molecule has 0 unspecified atom stereocenters. The van der Waals surface area contributed by atoms with Crippen LogP contribution in [0.3, 0.4) is 0 Å². The Labute approximate surface area is 219 Å². The lowest BCUT2D eigenvalue weighted by molar-refractivity contribution is 0.0873. The molecule has 9 heteroatoms. The van der Waals surface area contributed by atoms with E-state index >= 15 is 0 Å². The Hall–Kier alpha value is -3.40. The summed E-state index contributed by atoms with van der Waals surface area (Å²) in [6.45, 7) is 3.87. The van der Waals surface area contributed by atoms with Gasteiger partial charge in [0.05, 0.1) is 17.0 Å². The number of amides is 1. The number of benzene rings is 3. The maximum atomic E-state index is 13.4. The van der Waals surface area contributed by atoms with E-state index in [0.717, 1.165) is 11.1 Å². The summed E-state index contributed by atoms with van der Waals surface area (Å²) in [7, 11) is -3.92. The van der Waals surface area contributed by atoms with Gasteiger partial charge >= 0.3 is 6.09 Å². The predicted molar refractivity (Wildman–Crippen MR) is 144 cm³/mol. The Kier molecular flexibility index (Phi) is 10.1. The van der Waals surface area contributed by atoms with Crippen molar-refractivity contribution >= 4 is 21.8 Å². The normalized spacial score (nSPS) is 13.3. The van der Waals surface area contributed by atoms with Crippen LogP contribution < -0.4 is 11.1 Å². The predicted octanol–water partition coefficient (Wildman–Crippen LogP) is 3.81. The summed E-state index contributed by atoms with van der Waals surface area (Å²) in [6, 6.07) is 23.8. The summed E-state index contributed by atoms with van der Waals surface area (Å²) in [6.07, 6.45) is -1.60. The quantitative estimate of drug-likeness (QED) is 0.309. The third kappa shape index (κ3) is 8.59. The molecule has 4 N–H and O–H groups in total. The highest BCUT2D eigenvalue weighted by Crippen LogP contribution is 2.20. The minimum absolute atomic E-state index is 0.00660. The van der Waals surface area contributed by atoms with Crippen LogP contribution >= 0.6 is 0 Å². The van der Waals surface area contributed by atoms with Crippen LogP contribution in [0.4, 0.5) is 10.5 Å². The number of aliphatic hydroxyl groups excluding tert-OH is 1. The fourth-order valence-electron chi connectivity index (χ4n) is 3.87. The average molecular weight is 526 g/mol. The maximum absolute atomic E-state index is 13.4. The second-order valence-electron chi connectivity index (χ2n) is 9.35. The number of sulfonamides is 1. The highest BCUT2D eigenvalue weighted by molar-refractivity contribution is 7.89. The van der Waals surface area contributed by atoms with E-state index in [9.17, 15) is 18.3 Å². The van der Waals surface area contributed by atoms with Gasteiger partial charge in [-0.25, -0.2) is 13.2 Å². The summed E-state index contributed by atoms with van der Waals surface area (Å²) < 4.78 is 33.5. The number of nitrogen functional groups attached to an aromatic ring is 1. The second kappa shape index (κ2) is 13.2. The fraction of sp³-hybridized carbons (Fsp3) is 0.321. The monoisotopic (exact) mass is 525 g/mol. The smallest absolute Gasteiger partial charge is 0.407 e. The maximum Gasteiger partial charge on any atom is 0.407 e. The summed E-state index contributed by atoms with van der Waals surface area (Å²) in [5.41, 5.74) is 7.89. The van der Waals surface area contributed by atoms with Gasteiger partial charge in [0.2, 0.25) is 10.0 Å². The van der Waals surface area contributed by atoms with Gasteiger partial charge in [-0.3, -0.25) is 0 Å². The third-order valence-electron chi connectivity index (χ3n) is 5.76. The van der Waals surface area contributed by atoms with Gasteiger partial charge in [-0.2, -0.15) is 4.31 Å². The lowest BCUT2D eigenvalue weighted by Gasteiger charge is -2.30. The van der Waals surface area contributed by atoms with Gasteiger partial charge in [0.1, 0.15) is 6.61 Å². The number of nitrogens with one attached hydrogen (secondary N) is 1. The molecule has 1 amide bonds. The minimum atomic E-state index is -3.92. The Balaban J connectivity index is 1.79. The lowest BCUT2D eigenvalue weighted by atomic mass is 10.0. The van der Waals surface area contributed by atoms with E-state index in [1.165, 1.54) is 28.6 Å². The number of carbonyl (C=O) groups is 1. The van der Waals surface area contributed by atoms with Gasteiger partial charge in [-0.1, -0.05) is 74.5 Å². The summed E-state index contributed by atoms with van der Waals surface area (Å²) in [4.78, 5) is 12.7. The van der Waals surface area contributed by atoms with Crippen LogP contribution in [0.2, 0.25) is 0 Å². The Morgan fingerprint density at radius 2 is 1.49 bits per heavy atom. The molecule has 3 rings (SSSR count). The number of nitrogens with zero attached hydrogens (tertiary/aromatic N) is 1. The minimum Gasteiger partial charge on any atom is -0.445 e. The van der Waals surface area contributed by atoms with Crippen molar-refractivity contribution in [3.63, 3.8) is 0 Å². The number of carbonyl (C=O) groups excluding carboxylic acids is 1. The number of anilines is 1. The molecule has 8 nitrogen and oxygen atoms in total. The molecule has 3 aromatic carbocycles. The molecule has 0 saturated carbocycles. The molecule has 0 aliphatic rings. The van der Waals surface area contributed by atoms with Crippen molar-refractivity contribution in [3.8, 4) is 0 Å². The average Bonchev–Trinajstić information content (AvgIpc) is 2.88. The van der Waals surface area contributed by atoms with E-state index in [2.05, 4.69) is 5.32 Å². The molecular formula is C28H35N3O5S. The zero-order valence-corrected chi connectivity index (χ0v) is 22.0. The largest absolute Gasteiger partial charge is 0.445 e. The van der Waals surface area contributed by atoms with Gasteiger partial charge in [-0.15, -0.1) is 0 Å². The zero-order valence-electron chi connectivity index (χ0n) is 21.2.